The molecule has 0 aromatic rings. The molecule has 0 aromatic heterocycles. The highest BCUT2D eigenvalue weighted by Crippen LogP contribution is 2.22. The highest BCUT2D eigenvalue weighted by atomic mass is 16.4. The Morgan fingerprint density at radius 2 is 2.07 bits per heavy atom. The molecule has 4 nitrogen and oxygen atoms in total. The van der Waals surface area contributed by atoms with Crippen LogP contribution in [0.2, 0.25) is 0 Å². The van der Waals surface area contributed by atoms with E-state index in [0.717, 1.165) is 13.0 Å². The van der Waals surface area contributed by atoms with Crippen LogP contribution in [0.15, 0.2) is 0 Å². The van der Waals surface area contributed by atoms with E-state index in [0.29, 0.717) is 6.04 Å². The van der Waals surface area contributed by atoms with Crippen LogP contribution in [-0.4, -0.2) is 40.3 Å². The first-order valence-corrected chi connectivity index (χ1v) is 5.08. The molecule has 0 bridgehead atoms. The Hall–Kier alpha value is -0.770. The van der Waals surface area contributed by atoms with Crippen molar-refractivity contribution in [1.82, 2.24) is 10.2 Å². The number of carbonyl (C=O) groups is 1. The molecule has 0 aromatic carbocycles. The topological polar surface area (TPSA) is 52.6 Å². The highest BCUT2D eigenvalue weighted by Gasteiger charge is 2.36. The fourth-order valence-corrected chi connectivity index (χ4v) is 2.10. The van der Waals surface area contributed by atoms with Gasteiger partial charge in [-0.1, -0.05) is 0 Å². The fraction of sp³-hybridized carbons (Fsp3) is 0.900. The van der Waals surface area contributed by atoms with E-state index in [2.05, 4.69) is 12.2 Å². The highest BCUT2D eigenvalue weighted by molar-refractivity contribution is 5.66. The maximum atomic E-state index is 11.1. The molecule has 0 spiro atoms. The summed E-state index contributed by atoms with van der Waals surface area (Å²) in [5, 5.41) is 12.4. The van der Waals surface area contributed by atoms with Crippen molar-refractivity contribution in [2.45, 2.75) is 51.7 Å². The van der Waals surface area contributed by atoms with Gasteiger partial charge >= 0.3 is 6.09 Å². The molecule has 1 heterocycles. The lowest BCUT2D eigenvalue weighted by Gasteiger charge is -2.37. The van der Waals surface area contributed by atoms with Crippen molar-refractivity contribution >= 4 is 6.09 Å². The molecule has 0 aliphatic carbocycles. The normalized spacial score (nSPS) is 27.7. The number of hydrogen-bond donors (Lipinski definition) is 2. The van der Waals surface area contributed by atoms with Crippen molar-refractivity contribution in [2.24, 2.45) is 0 Å². The van der Waals surface area contributed by atoms with E-state index in [-0.39, 0.29) is 11.6 Å². The molecule has 1 rings (SSSR count). The summed E-state index contributed by atoms with van der Waals surface area (Å²) in [5.74, 6) is 0. The van der Waals surface area contributed by atoms with Crippen LogP contribution < -0.4 is 5.32 Å². The van der Waals surface area contributed by atoms with E-state index in [9.17, 15) is 4.79 Å². The molecule has 1 aliphatic heterocycles. The second-order valence-corrected chi connectivity index (χ2v) is 5.02. The van der Waals surface area contributed by atoms with Gasteiger partial charge in [-0.05, 0) is 34.1 Å². The minimum Gasteiger partial charge on any atom is -0.465 e. The summed E-state index contributed by atoms with van der Waals surface area (Å²) in [6.07, 6.45) is 0.0854. The van der Waals surface area contributed by atoms with E-state index in [4.69, 9.17) is 5.11 Å². The first-order valence-electron chi connectivity index (χ1n) is 5.08. The Kier molecular flexibility index (Phi) is 3.04. The van der Waals surface area contributed by atoms with Gasteiger partial charge in [0.05, 0.1) is 0 Å². The minimum absolute atomic E-state index is 0.113. The van der Waals surface area contributed by atoms with Gasteiger partial charge in [0.1, 0.15) is 0 Å². The molecule has 1 amide bonds. The SMILES string of the molecule is C[C@H]1C[C@@H](N(C(=O)O)C(C)(C)C)CN1. The van der Waals surface area contributed by atoms with Gasteiger partial charge in [0.2, 0.25) is 0 Å². The molecule has 14 heavy (non-hydrogen) atoms. The molecule has 1 aliphatic rings. The molecule has 2 atom stereocenters. The van der Waals surface area contributed by atoms with Crippen LogP contribution in [0, 0.1) is 0 Å². The van der Waals surface area contributed by atoms with Crippen LogP contribution in [0.25, 0.3) is 0 Å². The molecule has 0 saturated carbocycles. The van der Waals surface area contributed by atoms with Gasteiger partial charge < -0.3 is 10.4 Å². The van der Waals surface area contributed by atoms with Gasteiger partial charge in [0, 0.05) is 24.2 Å². The third kappa shape index (κ3) is 2.38. The third-order valence-corrected chi connectivity index (χ3v) is 2.62. The Bertz CT molecular complexity index is 223. The summed E-state index contributed by atoms with van der Waals surface area (Å²) in [4.78, 5) is 12.7. The summed E-state index contributed by atoms with van der Waals surface area (Å²) in [6.45, 7) is 8.66. The summed E-state index contributed by atoms with van der Waals surface area (Å²) in [6, 6.07) is 0.534. The van der Waals surface area contributed by atoms with Crippen LogP contribution in [0.5, 0.6) is 0 Å². The maximum Gasteiger partial charge on any atom is 0.408 e. The molecule has 2 N–H and O–H groups in total. The summed E-state index contributed by atoms with van der Waals surface area (Å²) < 4.78 is 0. The average molecular weight is 200 g/mol. The average Bonchev–Trinajstić information content (AvgIpc) is 2.31. The van der Waals surface area contributed by atoms with Gasteiger partial charge in [0.25, 0.3) is 0 Å². The van der Waals surface area contributed by atoms with Crippen molar-refractivity contribution in [3.63, 3.8) is 0 Å². The van der Waals surface area contributed by atoms with E-state index < -0.39 is 6.09 Å². The van der Waals surface area contributed by atoms with Crippen molar-refractivity contribution in [2.75, 3.05) is 6.54 Å². The number of nitrogens with one attached hydrogen (secondary N) is 1. The number of rotatable bonds is 1. The first-order chi connectivity index (χ1) is 6.32. The minimum atomic E-state index is -0.821. The Morgan fingerprint density at radius 3 is 2.36 bits per heavy atom. The molecule has 0 unspecified atom stereocenters. The van der Waals surface area contributed by atoms with Crippen molar-refractivity contribution < 1.29 is 9.90 Å². The van der Waals surface area contributed by atoms with Crippen molar-refractivity contribution in [3.8, 4) is 0 Å². The second kappa shape index (κ2) is 3.77. The molecule has 1 saturated heterocycles. The number of amides is 1. The number of nitrogens with zero attached hydrogens (tertiary/aromatic N) is 1. The van der Waals surface area contributed by atoms with E-state index in [1.807, 2.05) is 20.8 Å². The van der Waals surface area contributed by atoms with Gasteiger partial charge in [-0.15, -0.1) is 0 Å². The van der Waals surface area contributed by atoms with Crippen LogP contribution in [-0.2, 0) is 0 Å². The zero-order valence-corrected chi connectivity index (χ0v) is 9.37. The monoisotopic (exact) mass is 200 g/mol. The lowest BCUT2D eigenvalue weighted by atomic mass is 10.0. The van der Waals surface area contributed by atoms with Gasteiger partial charge in [-0.25, -0.2) is 4.79 Å². The molecule has 4 heteroatoms. The van der Waals surface area contributed by atoms with Gasteiger partial charge in [-0.3, -0.25) is 4.90 Å². The number of carboxylic acid groups (broad SMARTS) is 1. The van der Waals surface area contributed by atoms with Gasteiger partial charge in [0.15, 0.2) is 0 Å². The largest absolute Gasteiger partial charge is 0.465 e. The second-order valence-electron chi connectivity index (χ2n) is 5.02. The predicted octanol–water partition coefficient (Wildman–Crippen LogP) is 1.52. The van der Waals surface area contributed by atoms with Crippen molar-refractivity contribution in [3.05, 3.63) is 0 Å². The molecule has 82 valence electrons. The summed E-state index contributed by atoms with van der Waals surface area (Å²) >= 11 is 0. The predicted molar refractivity (Wildman–Crippen MR) is 55.5 cm³/mol. The van der Waals surface area contributed by atoms with Crippen LogP contribution in [0.3, 0.4) is 0 Å². The van der Waals surface area contributed by atoms with E-state index in [1.165, 1.54) is 0 Å². The summed E-state index contributed by atoms with van der Waals surface area (Å²) in [7, 11) is 0. The zero-order chi connectivity index (χ0) is 10.9. The van der Waals surface area contributed by atoms with Crippen molar-refractivity contribution in [1.29, 1.82) is 0 Å². The molecule has 1 fully saturated rings. The zero-order valence-electron chi connectivity index (χ0n) is 9.37. The van der Waals surface area contributed by atoms with Crippen LogP contribution >= 0.6 is 0 Å². The Labute approximate surface area is 85.3 Å². The van der Waals surface area contributed by atoms with Crippen LogP contribution in [0.4, 0.5) is 4.79 Å². The van der Waals surface area contributed by atoms with E-state index in [1.54, 1.807) is 4.90 Å². The molecular weight excluding hydrogens is 180 g/mol. The standard InChI is InChI=1S/C10H20N2O2/c1-7-5-8(6-11-7)12(9(13)14)10(2,3)4/h7-8,11H,5-6H2,1-4H3,(H,13,14)/t7-,8+/m0/s1. The van der Waals surface area contributed by atoms with Crippen LogP contribution in [0.1, 0.15) is 34.1 Å². The maximum absolute atomic E-state index is 11.1. The van der Waals surface area contributed by atoms with Gasteiger partial charge in [-0.2, -0.15) is 0 Å². The summed E-state index contributed by atoms with van der Waals surface area (Å²) in [5.41, 5.74) is -0.317. The third-order valence-electron chi connectivity index (χ3n) is 2.62. The first kappa shape index (κ1) is 11.3. The molecular formula is C10H20N2O2. The Morgan fingerprint density at radius 1 is 1.50 bits per heavy atom. The lowest BCUT2D eigenvalue weighted by molar-refractivity contribution is 0.0752. The fourth-order valence-electron chi connectivity index (χ4n) is 2.10. The van der Waals surface area contributed by atoms with E-state index >= 15 is 0 Å². The molecule has 0 radical (unpaired) electrons. The lowest BCUT2D eigenvalue weighted by Crippen LogP contribution is -2.51. The smallest absolute Gasteiger partial charge is 0.408 e. The number of hydrogen-bond acceptors (Lipinski definition) is 2. The Balaban J connectivity index is 2.74. The quantitative estimate of drug-likeness (QED) is 0.674.